The Kier molecular flexibility index (Phi) is 8.14. The fourth-order valence-corrected chi connectivity index (χ4v) is 6.22. The molecule has 1 aromatic carbocycles. The monoisotopic (exact) mass is 457 g/mol. The highest BCUT2D eigenvalue weighted by molar-refractivity contribution is 8.00. The second-order valence-corrected chi connectivity index (χ2v) is 10.1. The zero-order valence-corrected chi connectivity index (χ0v) is 19.3. The van der Waals surface area contributed by atoms with Gasteiger partial charge in [-0.2, -0.15) is 0 Å². The van der Waals surface area contributed by atoms with Gasteiger partial charge in [0.1, 0.15) is 6.04 Å². The molecular weight excluding hydrogens is 429 g/mol. The van der Waals surface area contributed by atoms with Gasteiger partial charge in [-0.1, -0.05) is 42.5 Å². The van der Waals surface area contributed by atoms with Crippen molar-refractivity contribution in [2.45, 2.75) is 43.5 Å². The summed E-state index contributed by atoms with van der Waals surface area (Å²) in [7, 11) is 3.93. The van der Waals surface area contributed by atoms with Crippen LogP contribution in [-0.4, -0.2) is 66.0 Å². The molecule has 1 N–H and O–H groups in total. The van der Waals surface area contributed by atoms with Crippen LogP contribution in [0, 0.1) is 5.92 Å². The average Bonchev–Trinajstić information content (AvgIpc) is 3.13. The van der Waals surface area contributed by atoms with E-state index < -0.39 is 6.04 Å². The molecule has 2 fully saturated rings. The number of carbonyl (C=O) groups excluding carboxylic acids is 2. The molecule has 1 saturated carbocycles. The van der Waals surface area contributed by atoms with E-state index in [9.17, 15) is 9.59 Å². The number of likely N-dealkylation sites (N-methyl/N-ethyl adjacent to an activating group) is 1. The van der Waals surface area contributed by atoms with Crippen LogP contribution in [0.2, 0.25) is 10.0 Å². The maximum Gasteiger partial charge on any atom is 0.256 e. The second-order valence-electron chi connectivity index (χ2n) is 8.07. The molecule has 3 rings (SSSR count). The Bertz CT molecular complexity index is 741. The van der Waals surface area contributed by atoms with Gasteiger partial charge in [-0.3, -0.25) is 9.59 Å². The summed E-state index contributed by atoms with van der Waals surface area (Å²) in [5.41, 5.74) is 0.408. The molecule has 1 saturated heterocycles. The molecule has 0 aromatic heterocycles. The SMILES string of the molecule is CN(C)CCNC(=O)C1CSC(C2CCCCC2)N1C(=O)c1ccc(Cl)cc1Cl. The first kappa shape index (κ1) is 22.7. The van der Waals surface area contributed by atoms with E-state index in [0.717, 1.165) is 19.4 Å². The normalized spacial score (nSPS) is 22.9. The third-order valence-corrected chi connectivity index (χ3v) is 7.65. The minimum Gasteiger partial charge on any atom is -0.353 e. The van der Waals surface area contributed by atoms with Crippen molar-refractivity contribution in [3.05, 3.63) is 33.8 Å². The van der Waals surface area contributed by atoms with Crippen molar-refractivity contribution in [1.29, 1.82) is 0 Å². The van der Waals surface area contributed by atoms with Gasteiger partial charge in [0.25, 0.3) is 5.91 Å². The van der Waals surface area contributed by atoms with E-state index in [-0.39, 0.29) is 17.2 Å². The number of hydrogen-bond acceptors (Lipinski definition) is 4. The van der Waals surface area contributed by atoms with Crippen LogP contribution in [0.1, 0.15) is 42.5 Å². The predicted molar refractivity (Wildman–Crippen MR) is 121 cm³/mol. The maximum absolute atomic E-state index is 13.5. The highest BCUT2D eigenvalue weighted by Gasteiger charge is 2.45. The zero-order valence-electron chi connectivity index (χ0n) is 17.0. The van der Waals surface area contributed by atoms with Crippen molar-refractivity contribution in [2.75, 3.05) is 32.9 Å². The van der Waals surface area contributed by atoms with Gasteiger partial charge in [-0.25, -0.2) is 0 Å². The topological polar surface area (TPSA) is 52.7 Å². The van der Waals surface area contributed by atoms with E-state index in [0.29, 0.717) is 33.8 Å². The number of carbonyl (C=O) groups is 2. The first-order valence-electron chi connectivity index (χ1n) is 10.2. The van der Waals surface area contributed by atoms with Gasteiger partial charge in [0.15, 0.2) is 0 Å². The molecular formula is C21H29Cl2N3O2S. The number of hydrogen-bond donors (Lipinski definition) is 1. The molecule has 1 aliphatic heterocycles. The van der Waals surface area contributed by atoms with Gasteiger partial charge < -0.3 is 15.1 Å². The third-order valence-electron chi connectivity index (χ3n) is 5.64. The van der Waals surface area contributed by atoms with Gasteiger partial charge in [-0.15, -0.1) is 11.8 Å². The van der Waals surface area contributed by atoms with E-state index in [1.807, 2.05) is 19.0 Å². The number of amides is 2. The number of rotatable bonds is 6. The largest absolute Gasteiger partial charge is 0.353 e. The number of thioether (sulfide) groups is 1. The van der Waals surface area contributed by atoms with E-state index in [1.165, 1.54) is 19.3 Å². The Balaban J connectivity index is 1.83. The van der Waals surface area contributed by atoms with Crippen molar-refractivity contribution < 1.29 is 9.59 Å². The van der Waals surface area contributed by atoms with E-state index in [2.05, 4.69) is 5.32 Å². The first-order valence-corrected chi connectivity index (χ1v) is 12.0. The quantitative estimate of drug-likeness (QED) is 0.697. The molecule has 0 bridgehead atoms. The lowest BCUT2D eigenvalue weighted by atomic mass is 9.88. The lowest BCUT2D eigenvalue weighted by Gasteiger charge is -2.35. The van der Waals surface area contributed by atoms with Crippen LogP contribution < -0.4 is 5.32 Å². The lowest BCUT2D eigenvalue weighted by Crippen LogP contribution is -2.52. The van der Waals surface area contributed by atoms with Gasteiger partial charge in [0.2, 0.25) is 5.91 Å². The molecule has 0 spiro atoms. The zero-order chi connectivity index (χ0) is 21.0. The van der Waals surface area contributed by atoms with Crippen molar-refractivity contribution in [3.8, 4) is 0 Å². The molecule has 2 atom stereocenters. The van der Waals surface area contributed by atoms with Gasteiger partial charge >= 0.3 is 0 Å². The van der Waals surface area contributed by atoms with Gasteiger partial charge in [0, 0.05) is 23.9 Å². The smallest absolute Gasteiger partial charge is 0.256 e. The second kappa shape index (κ2) is 10.4. The van der Waals surface area contributed by atoms with Crippen LogP contribution in [0.3, 0.4) is 0 Å². The molecule has 8 heteroatoms. The van der Waals surface area contributed by atoms with Crippen LogP contribution in [-0.2, 0) is 4.79 Å². The lowest BCUT2D eigenvalue weighted by molar-refractivity contribution is -0.125. The molecule has 1 aromatic rings. The fourth-order valence-electron chi connectivity index (χ4n) is 4.09. The molecule has 5 nitrogen and oxygen atoms in total. The van der Waals surface area contributed by atoms with Crippen molar-refractivity contribution in [1.82, 2.24) is 15.1 Å². The van der Waals surface area contributed by atoms with Crippen LogP contribution in [0.4, 0.5) is 0 Å². The summed E-state index contributed by atoms with van der Waals surface area (Å²) in [4.78, 5) is 30.3. The predicted octanol–water partition coefficient (Wildman–Crippen LogP) is 4.14. The molecule has 1 aliphatic carbocycles. The maximum atomic E-state index is 13.5. The summed E-state index contributed by atoms with van der Waals surface area (Å²) >= 11 is 14.1. The van der Waals surface area contributed by atoms with Crippen molar-refractivity contribution >= 4 is 46.8 Å². The summed E-state index contributed by atoms with van der Waals surface area (Å²) in [6, 6.07) is 4.44. The van der Waals surface area contributed by atoms with E-state index in [4.69, 9.17) is 23.2 Å². The number of benzene rings is 1. The van der Waals surface area contributed by atoms with Crippen LogP contribution in [0.15, 0.2) is 18.2 Å². The molecule has 29 heavy (non-hydrogen) atoms. The third kappa shape index (κ3) is 5.60. The summed E-state index contributed by atoms with van der Waals surface area (Å²) in [6.07, 6.45) is 5.82. The summed E-state index contributed by atoms with van der Waals surface area (Å²) in [6.45, 7) is 1.32. The van der Waals surface area contributed by atoms with E-state index >= 15 is 0 Å². The summed E-state index contributed by atoms with van der Waals surface area (Å²) in [5.74, 6) is 0.769. The Labute approximate surface area is 187 Å². The number of halogens is 2. The first-order chi connectivity index (χ1) is 13.9. The van der Waals surface area contributed by atoms with Crippen LogP contribution in [0.5, 0.6) is 0 Å². The van der Waals surface area contributed by atoms with Crippen molar-refractivity contribution in [3.63, 3.8) is 0 Å². The molecule has 2 amide bonds. The van der Waals surface area contributed by atoms with Crippen molar-refractivity contribution in [2.24, 2.45) is 5.92 Å². The Morgan fingerprint density at radius 3 is 2.59 bits per heavy atom. The number of nitrogens with zero attached hydrogens (tertiary/aromatic N) is 2. The fraction of sp³-hybridized carbons (Fsp3) is 0.619. The minimum atomic E-state index is -0.478. The highest BCUT2D eigenvalue weighted by Crippen LogP contribution is 2.41. The molecule has 0 radical (unpaired) electrons. The van der Waals surface area contributed by atoms with Crippen LogP contribution >= 0.6 is 35.0 Å². The Morgan fingerprint density at radius 1 is 1.21 bits per heavy atom. The molecule has 2 aliphatic rings. The summed E-state index contributed by atoms with van der Waals surface area (Å²) in [5, 5.41) is 3.83. The Hall–Kier alpha value is -0.950. The van der Waals surface area contributed by atoms with E-state index in [1.54, 1.807) is 34.9 Å². The average molecular weight is 458 g/mol. The Morgan fingerprint density at radius 2 is 1.93 bits per heavy atom. The molecule has 1 heterocycles. The van der Waals surface area contributed by atoms with Gasteiger partial charge in [-0.05, 0) is 51.1 Å². The summed E-state index contributed by atoms with van der Waals surface area (Å²) < 4.78 is 0. The number of nitrogens with one attached hydrogen (secondary N) is 1. The van der Waals surface area contributed by atoms with Crippen LogP contribution in [0.25, 0.3) is 0 Å². The van der Waals surface area contributed by atoms with Gasteiger partial charge in [0.05, 0.1) is 16.0 Å². The standard InChI is InChI=1S/C21H29Cl2N3O2S/c1-25(2)11-10-24-19(27)18-13-29-21(14-6-4-3-5-7-14)26(18)20(28)16-9-8-15(22)12-17(16)23/h8-9,12,14,18,21H,3-7,10-11,13H2,1-2H3,(H,24,27). The molecule has 160 valence electrons. The molecule has 2 unspecified atom stereocenters. The highest BCUT2D eigenvalue weighted by atomic mass is 35.5. The minimum absolute atomic E-state index is 0.0131.